The summed E-state index contributed by atoms with van der Waals surface area (Å²) >= 11 is 0. The van der Waals surface area contributed by atoms with Crippen molar-refractivity contribution in [2.24, 2.45) is 5.92 Å². The molecule has 0 aromatic heterocycles. The highest BCUT2D eigenvalue weighted by Crippen LogP contribution is 2.43. The van der Waals surface area contributed by atoms with Gasteiger partial charge in [-0.15, -0.1) is 0 Å². The number of halogens is 3. The van der Waals surface area contributed by atoms with E-state index in [1.165, 1.54) is 18.2 Å². The molecule has 0 bridgehead atoms. The summed E-state index contributed by atoms with van der Waals surface area (Å²) in [6.07, 6.45) is -6.70. The number of rotatable bonds is 4. The number of aromatic carboxylic acids is 1. The van der Waals surface area contributed by atoms with Crippen LogP contribution in [0.15, 0.2) is 66.7 Å². The van der Waals surface area contributed by atoms with E-state index in [9.17, 15) is 33.3 Å². The molecular weight excluding hydrogens is 425 g/mol. The minimum absolute atomic E-state index is 0.0257. The second-order valence-corrected chi connectivity index (χ2v) is 7.59. The van der Waals surface area contributed by atoms with Crippen LogP contribution in [0, 0.1) is 5.92 Å². The van der Waals surface area contributed by atoms with E-state index in [1.54, 1.807) is 30.3 Å². The molecule has 0 radical (unpaired) electrons. The molecule has 5 nitrogen and oxygen atoms in total. The molecule has 8 heteroatoms. The fourth-order valence-corrected chi connectivity index (χ4v) is 3.89. The average Bonchev–Trinajstić information content (AvgIpc) is 2.78. The Morgan fingerprint density at radius 3 is 2.41 bits per heavy atom. The van der Waals surface area contributed by atoms with E-state index in [2.05, 4.69) is 0 Å². The molecule has 32 heavy (non-hydrogen) atoms. The Bertz CT molecular complexity index is 1140. The van der Waals surface area contributed by atoms with Crippen molar-refractivity contribution in [2.75, 3.05) is 6.61 Å². The Morgan fingerprint density at radius 1 is 1.03 bits per heavy atom. The van der Waals surface area contributed by atoms with Gasteiger partial charge in [-0.2, -0.15) is 13.2 Å². The number of carboxylic acids is 1. The standard InChI is InChI=1S/C24H19F3O5/c25-24(26,27)15-7-9-16(23(30)31)18(11-15)14-6-8-17-20(10-14)32-12-19(22(17)29)21(28)13-4-2-1-3-5-13/h1-11,19,21-22,28-29H,12H2,(H,30,31)/t19-,21?,22+/m1/s1. The lowest BCUT2D eigenvalue weighted by Gasteiger charge is -2.33. The summed E-state index contributed by atoms with van der Waals surface area (Å²) in [6, 6.07) is 15.6. The van der Waals surface area contributed by atoms with Crippen LogP contribution < -0.4 is 4.74 Å². The minimum Gasteiger partial charge on any atom is -0.493 e. The first kappa shape index (κ1) is 21.9. The van der Waals surface area contributed by atoms with E-state index in [0.29, 0.717) is 11.1 Å². The molecule has 3 atom stereocenters. The SMILES string of the molecule is O=C(O)c1ccc(C(F)(F)F)cc1-c1ccc2c(c1)OC[C@H](C(O)c1ccccc1)[C@H]2O. The molecule has 166 valence electrons. The van der Waals surface area contributed by atoms with Crippen LogP contribution in [0.4, 0.5) is 13.2 Å². The van der Waals surface area contributed by atoms with Crippen LogP contribution in [0.3, 0.4) is 0 Å². The van der Waals surface area contributed by atoms with Gasteiger partial charge in [0.15, 0.2) is 0 Å². The summed E-state index contributed by atoms with van der Waals surface area (Å²) in [7, 11) is 0. The molecule has 3 aromatic carbocycles. The van der Waals surface area contributed by atoms with Crippen molar-refractivity contribution in [2.45, 2.75) is 18.4 Å². The number of alkyl halides is 3. The van der Waals surface area contributed by atoms with E-state index in [0.717, 1.165) is 18.2 Å². The van der Waals surface area contributed by atoms with Crippen molar-refractivity contribution in [1.82, 2.24) is 0 Å². The van der Waals surface area contributed by atoms with Gasteiger partial charge < -0.3 is 20.1 Å². The second kappa shape index (κ2) is 8.29. The lowest BCUT2D eigenvalue weighted by molar-refractivity contribution is -0.137. The van der Waals surface area contributed by atoms with Gasteiger partial charge in [0, 0.05) is 5.56 Å². The first-order valence-corrected chi connectivity index (χ1v) is 9.79. The zero-order valence-corrected chi connectivity index (χ0v) is 16.6. The molecule has 1 aliphatic heterocycles. The molecule has 1 unspecified atom stereocenters. The van der Waals surface area contributed by atoms with Crippen LogP contribution in [0.5, 0.6) is 5.75 Å². The van der Waals surface area contributed by atoms with Crippen LogP contribution >= 0.6 is 0 Å². The number of hydrogen-bond donors (Lipinski definition) is 3. The number of fused-ring (bicyclic) bond motifs is 1. The number of carbonyl (C=O) groups is 1. The van der Waals surface area contributed by atoms with Crippen LogP contribution in [-0.4, -0.2) is 27.9 Å². The van der Waals surface area contributed by atoms with Crippen molar-refractivity contribution >= 4 is 5.97 Å². The molecule has 1 aliphatic rings. The third-order valence-electron chi connectivity index (χ3n) is 5.60. The van der Waals surface area contributed by atoms with Crippen LogP contribution in [-0.2, 0) is 6.18 Å². The monoisotopic (exact) mass is 444 g/mol. The number of hydrogen-bond acceptors (Lipinski definition) is 4. The Balaban J connectivity index is 1.70. The number of carboxylic acid groups (broad SMARTS) is 1. The van der Waals surface area contributed by atoms with E-state index in [1.807, 2.05) is 0 Å². The average molecular weight is 444 g/mol. The van der Waals surface area contributed by atoms with Gasteiger partial charge in [-0.1, -0.05) is 42.5 Å². The van der Waals surface area contributed by atoms with Crippen molar-refractivity contribution in [3.05, 3.63) is 89.0 Å². The van der Waals surface area contributed by atoms with Crippen LogP contribution in [0.2, 0.25) is 0 Å². The van der Waals surface area contributed by atoms with Crippen molar-refractivity contribution in [3.63, 3.8) is 0 Å². The Hall–Kier alpha value is -3.36. The van der Waals surface area contributed by atoms with Gasteiger partial charge in [-0.05, 0) is 41.0 Å². The summed E-state index contributed by atoms with van der Waals surface area (Å²) in [5.74, 6) is -1.79. The normalized spacial score (nSPS) is 19.0. The summed E-state index contributed by atoms with van der Waals surface area (Å²) in [4.78, 5) is 11.6. The quantitative estimate of drug-likeness (QED) is 0.536. The molecule has 1 heterocycles. The van der Waals surface area contributed by atoms with Gasteiger partial charge in [0.2, 0.25) is 0 Å². The lowest BCUT2D eigenvalue weighted by atomic mass is 9.85. The van der Waals surface area contributed by atoms with Gasteiger partial charge in [0.1, 0.15) is 5.75 Å². The molecule has 4 rings (SSSR count). The van der Waals surface area contributed by atoms with Gasteiger partial charge in [-0.25, -0.2) is 4.79 Å². The fraction of sp³-hybridized carbons (Fsp3) is 0.208. The van der Waals surface area contributed by atoms with E-state index >= 15 is 0 Å². The van der Waals surface area contributed by atoms with Crippen molar-refractivity contribution in [1.29, 1.82) is 0 Å². The Kier molecular flexibility index (Phi) is 5.66. The minimum atomic E-state index is -4.63. The predicted molar refractivity (Wildman–Crippen MR) is 109 cm³/mol. The number of ether oxygens (including phenoxy) is 1. The zero-order valence-electron chi connectivity index (χ0n) is 16.6. The lowest BCUT2D eigenvalue weighted by Crippen LogP contribution is -2.31. The molecule has 3 aromatic rings. The van der Waals surface area contributed by atoms with Gasteiger partial charge in [-0.3, -0.25) is 0 Å². The number of aliphatic hydroxyl groups excluding tert-OH is 2. The number of benzene rings is 3. The third-order valence-corrected chi connectivity index (χ3v) is 5.60. The molecule has 0 spiro atoms. The molecule has 3 N–H and O–H groups in total. The maximum Gasteiger partial charge on any atom is 0.416 e. The van der Waals surface area contributed by atoms with Crippen molar-refractivity contribution in [3.8, 4) is 16.9 Å². The summed E-state index contributed by atoms with van der Waals surface area (Å²) in [5, 5.41) is 30.9. The third kappa shape index (κ3) is 4.06. The van der Waals surface area contributed by atoms with E-state index in [4.69, 9.17) is 4.74 Å². The Labute approximate surface area is 181 Å². The van der Waals surface area contributed by atoms with Crippen LogP contribution in [0.25, 0.3) is 11.1 Å². The summed E-state index contributed by atoms with van der Waals surface area (Å²) in [6.45, 7) is -0.0257. The van der Waals surface area contributed by atoms with Gasteiger partial charge in [0.25, 0.3) is 0 Å². The van der Waals surface area contributed by atoms with Gasteiger partial charge >= 0.3 is 12.1 Å². The maximum atomic E-state index is 13.2. The topological polar surface area (TPSA) is 87.0 Å². The Morgan fingerprint density at radius 2 is 1.75 bits per heavy atom. The molecule has 0 fully saturated rings. The zero-order chi connectivity index (χ0) is 23.0. The second-order valence-electron chi connectivity index (χ2n) is 7.59. The summed E-state index contributed by atoms with van der Waals surface area (Å²) in [5.41, 5.74) is -0.172. The highest BCUT2D eigenvalue weighted by Gasteiger charge is 2.36. The first-order chi connectivity index (χ1) is 15.2. The first-order valence-electron chi connectivity index (χ1n) is 9.79. The molecule has 0 amide bonds. The molecule has 0 saturated heterocycles. The van der Waals surface area contributed by atoms with E-state index in [-0.39, 0.29) is 29.0 Å². The smallest absolute Gasteiger partial charge is 0.416 e. The predicted octanol–water partition coefficient (Wildman–Crippen LogP) is 4.85. The van der Waals surface area contributed by atoms with Crippen molar-refractivity contribution < 1.29 is 38.0 Å². The summed E-state index contributed by atoms with van der Waals surface area (Å²) < 4.78 is 45.2. The molecule has 0 saturated carbocycles. The fourth-order valence-electron chi connectivity index (χ4n) is 3.89. The largest absolute Gasteiger partial charge is 0.493 e. The van der Waals surface area contributed by atoms with Crippen LogP contribution in [0.1, 0.15) is 39.3 Å². The maximum absolute atomic E-state index is 13.2. The highest BCUT2D eigenvalue weighted by atomic mass is 19.4. The number of aliphatic hydroxyl groups is 2. The highest BCUT2D eigenvalue weighted by molar-refractivity contribution is 5.96. The molecular formula is C24H19F3O5. The van der Waals surface area contributed by atoms with E-state index < -0.39 is 35.8 Å². The van der Waals surface area contributed by atoms with Gasteiger partial charge in [0.05, 0.1) is 35.9 Å². The molecule has 0 aliphatic carbocycles.